The standard InChI is InChI=1S/C12H14BrClN2S/c1-3-12(2)7-17-11(16-12)15-10-6-8(14)4-5-9(10)13/h4-6H,3,7H2,1-2H3,(H,15,16). The highest BCUT2D eigenvalue weighted by Crippen LogP contribution is 2.33. The summed E-state index contributed by atoms with van der Waals surface area (Å²) in [5, 5.41) is 5.01. The fraction of sp³-hybridized carbons (Fsp3) is 0.417. The van der Waals surface area contributed by atoms with E-state index in [4.69, 9.17) is 16.6 Å². The Bertz CT molecular complexity index is 464. The van der Waals surface area contributed by atoms with Gasteiger partial charge < -0.3 is 5.32 Å². The second-order valence-electron chi connectivity index (χ2n) is 4.31. The Labute approximate surface area is 119 Å². The van der Waals surface area contributed by atoms with Crippen LogP contribution in [0.1, 0.15) is 20.3 Å². The smallest absolute Gasteiger partial charge is 0.161 e. The highest BCUT2D eigenvalue weighted by Gasteiger charge is 2.28. The van der Waals surface area contributed by atoms with E-state index in [2.05, 4.69) is 35.1 Å². The summed E-state index contributed by atoms with van der Waals surface area (Å²) in [5.74, 6) is 1.03. The first-order valence-corrected chi connectivity index (χ1v) is 7.63. The van der Waals surface area contributed by atoms with E-state index in [1.54, 1.807) is 11.8 Å². The van der Waals surface area contributed by atoms with Crippen molar-refractivity contribution in [3.05, 3.63) is 27.7 Å². The quantitative estimate of drug-likeness (QED) is 0.842. The fourth-order valence-electron chi connectivity index (χ4n) is 1.49. The third kappa shape index (κ3) is 3.18. The Morgan fingerprint density at radius 3 is 3.00 bits per heavy atom. The Balaban J connectivity index is 2.17. The lowest BCUT2D eigenvalue weighted by atomic mass is 10.0. The van der Waals surface area contributed by atoms with E-state index in [1.165, 1.54) is 0 Å². The maximum absolute atomic E-state index is 5.98. The normalized spacial score (nSPS) is 23.6. The fourth-order valence-corrected chi connectivity index (χ4v) is 3.19. The van der Waals surface area contributed by atoms with Crippen LogP contribution in [-0.4, -0.2) is 16.5 Å². The number of benzene rings is 1. The van der Waals surface area contributed by atoms with E-state index in [-0.39, 0.29) is 5.54 Å². The average molecular weight is 334 g/mol. The Kier molecular flexibility index (Phi) is 4.06. The summed E-state index contributed by atoms with van der Waals surface area (Å²) in [6.45, 7) is 4.35. The third-order valence-electron chi connectivity index (χ3n) is 2.82. The second kappa shape index (κ2) is 5.21. The molecule has 0 fully saturated rings. The highest BCUT2D eigenvalue weighted by atomic mass is 79.9. The van der Waals surface area contributed by atoms with Crippen LogP contribution in [0.5, 0.6) is 0 Å². The molecule has 0 bridgehead atoms. The van der Waals surface area contributed by atoms with Crippen molar-refractivity contribution in [1.29, 1.82) is 0 Å². The monoisotopic (exact) mass is 332 g/mol. The first kappa shape index (κ1) is 13.2. The molecule has 0 amide bonds. The van der Waals surface area contributed by atoms with Crippen molar-refractivity contribution >= 4 is 50.1 Å². The highest BCUT2D eigenvalue weighted by molar-refractivity contribution is 9.10. The predicted octanol–water partition coefficient (Wildman–Crippen LogP) is 4.79. The van der Waals surface area contributed by atoms with Crippen molar-refractivity contribution in [2.75, 3.05) is 11.1 Å². The molecular formula is C12H14BrClN2S. The minimum atomic E-state index is 0.0675. The zero-order chi connectivity index (χ0) is 12.5. The van der Waals surface area contributed by atoms with Gasteiger partial charge in [-0.05, 0) is 47.5 Å². The second-order valence-corrected chi connectivity index (χ2v) is 6.56. The molecule has 1 N–H and O–H groups in total. The van der Waals surface area contributed by atoms with Crippen LogP contribution in [0, 0.1) is 0 Å². The number of anilines is 1. The lowest BCUT2D eigenvalue weighted by molar-refractivity contribution is 0.523. The number of halogens is 2. The van der Waals surface area contributed by atoms with Crippen LogP contribution in [0.25, 0.3) is 0 Å². The van der Waals surface area contributed by atoms with Crippen LogP contribution in [0.4, 0.5) is 5.69 Å². The number of nitrogens with one attached hydrogen (secondary N) is 1. The molecule has 1 aromatic carbocycles. The summed E-state index contributed by atoms with van der Waals surface area (Å²) in [7, 11) is 0. The molecule has 1 aliphatic rings. The minimum absolute atomic E-state index is 0.0675. The van der Waals surface area contributed by atoms with Crippen LogP contribution < -0.4 is 5.32 Å². The Morgan fingerprint density at radius 2 is 2.35 bits per heavy atom. The van der Waals surface area contributed by atoms with Gasteiger partial charge >= 0.3 is 0 Å². The molecule has 5 heteroatoms. The SMILES string of the molecule is CCC1(C)CSC(Nc2cc(Cl)ccc2Br)=N1. The lowest BCUT2D eigenvalue weighted by Crippen LogP contribution is -2.20. The average Bonchev–Trinajstić information content (AvgIpc) is 2.67. The molecule has 1 heterocycles. The summed E-state index contributed by atoms with van der Waals surface area (Å²) in [6.07, 6.45) is 1.06. The molecule has 1 aliphatic heterocycles. The number of amidine groups is 1. The molecule has 2 rings (SSSR count). The van der Waals surface area contributed by atoms with Crippen molar-refractivity contribution in [3.63, 3.8) is 0 Å². The topological polar surface area (TPSA) is 24.4 Å². The van der Waals surface area contributed by atoms with Crippen molar-refractivity contribution in [1.82, 2.24) is 0 Å². The summed E-state index contributed by atoms with van der Waals surface area (Å²) in [5.41, 5.74) is 1.03. The van der Waals surface area contributed by atoms with Gasteiger partial charge in [-0.2, -0.15) is 0 Å². The Morgan fingerprint density at radius 1 is 1.59 bits per heavy atom. The molecule has 0 spiro atoms. The van der Waals surface area contributed by atoms with E-state index in [0.29, 0.717) is 0 Å². The van der Waals surface area contributed by atoms with E-state index in [0.717, 1.165) is 32.5 Å². The molecule has 0 aromatic heterocycles. The predicted molar refractivity (Wildman–Crippen MR) is 81.4 cm³/mol. The van der Waals surface area contributed by atoms with Gasteiger partial charge in [-0.3, -0.25) is 4.99 Å². The van der Waals surface area contributed by atoms with Gasteiger partial charge in [-0.15, -0.1) is 0 Å². The molecular weight excluding hydrogens is 320 g/mol. The van der Waals surface area contributed by atoms with Gasteiger partial charge in [0, 0.05) is 15.2 Å². The third-order valence-corrected chi connectivity index (χ3v) is 4.98. The van der Waals surface area contributed by atoms with Crippen LogP contribution >= 0.6 is 39.3 Å². The van der Waals surface area contributed by atoms with Gasteiger partial charge in [0.1, 0.15) is 0 Å². The zero-order valence-corrected chi connectivity index (χ0v) is 12.9. The van der Waals surface area contributed by atoms with Crippen molar-refractivity contribution in [3.8, 4) is 0 Å². The van der Waals surface area contributed by atoms with E-state index in [9.17, 15) is 0 Å². The van der Waals surface area contributed by atoms with Crippen LogP contribution in [0.15, 0.2) is 27.7 Å². The molecule has 0 saturated carbocycles. The summed E-state index contributed by atoms with van der Waals surface area (Å²) >= 11 is 11.2. The van der Waals surface area contributed by atoms with Gasteiger partial charge in [-0.1, -0.05) is 30.3 Å². The van der Waals surface area contributed by atoms with Gasteiger partial charge in [-0.25, -0.2) is 0 Å². The molecule has 92 valence electrons. The maximum atomic E-state index is 5.98. The first-order valence-electron chi connectivity index (χ1n) is 5.47. The molecule has 17 heavy (non-hydrogen) atoms. The number of aliphatic imine (C=N–C) groups is 1. The summed E-state index contributed by atoms with van der Waals surface area (Å²) in [6, 6.07) is 5.69. The van der Waals surface area contributed by atoms with Crippen LogP contribution in [0.2, 0.25) is 5.02 Å². The first-order chi connectivity index (χ1) is 8.02. The number of nitrogens with zero attached hydrogens (tertiary/aromatic N) is 1. The van der Waals surface area contributed by atoms with Crippen LogP contribution in [0.3, 0.4) is 0 Å². The minimum Gasteiger partial charge on any atom is -0.334 e. The van der Waals surface area contributed by atoms with Crippen molar-refractivity contribution in [2.45, 2.75) is 25.8 Å². The number of hydrogen-bond acceptors (Lipinski definition) is 3. The number of rotatable bonds is 2. The van der Waals surface area contributed by atoms with Crippen molar-refractivity contribution in [2.24, 2.45) is 4.99 Å². The van der Waals surface area contributed by atoms with E-state index < -0.39 is 0 Å². The molecule has 0 saturated heterocycles. The van der Waals surface area contributed by atoms with Crippen LogP contribution in [-0.2, 0) is 0 Å². The molecule has 1 atom stereocenters. The summed E-state index contributed by atoms with van der Waals surface area (Å²) in [4.78, 5) is 4.71. The maximum Gasteiger partial charge on any atom is 0.161 e. The van der Waals surface area contributed by atoms with E-state index >= 15 is 0 Å². The number of thioether (sulfide) groups is 1. The Hall–Kier alpha value is -0.190. The molecule has 1 unspecified atom stereocenters. The van der Waals surface area contributed by atoms with Gasteiger partial charge in [0.05, 0.1) is 11.2 Å². The zero-order valence-electron chi connectivity index (χ0n) is 9.76. The molecule has 1 aromatic rings. The number of hydrogen-bond donors (Lipinski definition) is 1. The summed E-state index contributed by atoms with van der Waals surface area (Å²) < 4.78 is 0.996. The van der Waals surface area contributed by atoms with Gasteiger partial charge in [0.25, 0.3) is 0 Å². The molecule has 0 aliphatic carbocycles. The lowest BCUT2D eigenvalue weighted by Gasteiger charge is -2.15. The van der Waals surface area contributed by atoms with Crippen molar-refractivity contribution < 1.29 is 0 Å². The van der Waals surface area contributed by atoms with Gasteiger partial charge in [0.2, 0.25) is 0 Å². The molecule has 0 radical (unpaired) electrons. The van der Waals surface area contributed by atoms with E-state index in [1.807, 2.05) is 18.2 Å². The molecule has 2 nitrogen and oxygen atoms in total. The largest absolute Gasteiger partial charge is 0.334 e. The van der Waals surface area contributed by atoms with Gasteiger partial charge in [0.15, 0.2) is 5.17 Å².